The first kappa shape index (κ1) is 9.19. The molecule has 0 amide bonds. The summed E-state index contributed by atoms with van der Waals surface area (Å²) in [6, 6.07) is 5.49. The normalized spacial score (nSPS) is 27.2. The van der Waals surface area contributed by atoms with E-state index >= 15 is 0 Å². The van der Waals surface area contributed by atoms with Crippen molar-refractivity contribution >= 4 is 11.3 Å². The zero-order valence-corrected chi connectivity index (χ0v) is 8.73. The maximum Gasteiger partial charge on any atom is 0.0302 e. The number of hydrogen-bond donors (Lipinski definition) is 2. The Balaban J connectivity index is 1.74. The fourth-order valence-electron chi connectivity index (χ4n) is 1.65. The first-order chi connectivity index (χ1) is 6.24. The van der Waals surface area contributed by atoms with Gasteiger partial charge in [-0.2, -0.15) is 0 Å². The molecule has 3 heteroatoms. The second kappa shape index (κ2) is 3.78. The smallest absolute Gasteiger partial charge is 0.0302 e. The van der Waals surface area contributed by atoms with Gasteiger partial charge in [0.2, 0.25) is 0 Å². The third-order valence-corrected chi connectivity index (χ3v) is 3.54. The molecule has 1 aromatic rings. The van der Waals surface area contributed by atoms with Crippen LogP contribution in [-0.4, -0.2) is 12.1 Å². The van der Waals surface area contributed by atoms with Gasteiger partial charge in [0.05, 0.1) is 0 Å². The lowest BCUT2D eigenvalue weighted by molar-refractivity contribution is 0.291. The van der Waals surface area contributed by atoms with Crippen molar-refractivity contribution in [2.45, 2.75) is 38.4 Å². The Labute approximate surface area is 83.1 Å². The van der Waals surface area contributed by atoms with Gasteiger partial charge in [-0.1, -0.05) is 0 Å². The molecule has 1 aromatic heterocycles. The maximum absolute atomic E-state index is 5.70. The van der Waals surface area contributed by atoms with Crippen LogP contribution in [-0.2, 0) is 6.54 Å². The molecule has 0 saturated heterocycles. The minimum absolute atomic E-state index is 0.447. The Morgan fingerprint density at radius 2 is 2.31 bits per heavy atom. The summed E-state index contributed by atoms with van der Waals surface area (Å²) >= 11 is 1.87. The molecular weight excluding hydrogens is 180 g/mol. The summed E-state index contributed by atoms with van der Waals surface area (Å²) in [5.74, 6) is 0. The molecule has 0 aromatic carbocycles. The zero-order chi connectivity index (χ0) is 9.26. The predicted molar refractivity (Wildman–Crippen MR) is 56.9 cm³/mol. The van der Waals surface area contributed by atoms with E-state index in [9.17, 15) is 0 Å². The van der Waals surface area contributed by atoms with Crippen LogP contribution in [0.4, 0.5) is 0 Å². The molecule has 0 unspecified atom stereocenters. The van der Waals surface area contributed by atoms with E-state index in [1.54, 1.807) is 0 Å². The van der Waals surface area contributed by atoms with Crippen molar-refractivity contribution in [2.75, 3.05) is 0 Å². The largest absolute Gasteiger partial charge is 0.328 e. The number of thiophene rings is 1. The fraction of sp³-hybridized carbons (Fsp3) is 0.600. The van der Waals surface area contributed by atoms with Gasteiger partial charge in [-0.3, -0.25) is 0 Å². The first-order valence-electron chi connectivity index (χ1n) is 4.78. The highest BCUT2D eigenvalue weighted by molar-refractivity contribution is 7.11. The Hall–Kier alpha value is -0.380. The third-order valence-electron chi connectivity index (χ3n) is 2.54. The van der Waals surface area contributed by atoms with E-state index in [0.29, 0.717) is 12.1 Å². The van der Waals surface area contributed by atoms with E-state index in [4.69, 9.17) is 5.73 Å². The monoisotopic (exact) mass is 196 g/mol. The summed E-state index contributed by atoms with van der Waals surface area (Å²) in [7, 11) is 0. The lowest BCUT2D eigenvalue weighted by atomic mass is 9.88. The van der Waals surface area contributed by atoms with Crippen LogP contribution in [0.15, 0.2) is 12.1 Å². The van der Waals surface area contributed by atoms with Gasteiger partial charge in [0.1, 0.15) is 0 Å². The molecule has 0 spiro atoms. The van der Waals surface area contributed by atoms with Crippen molar-refractivity contribution in [1.29, 1.82) is 0 Å². The van der Waals surface area contributed by atoms with Crippen LogP contribution in [0.2, 0.25) is 0 Å². The summed E-state index contributed by atoms with van der Waals surface area (Å²) in [6.07, 6.45) is 2.29. The molecule has 1 fully saturated rings. The van der Waals surface area contributed by atoms with Crippen molar-refractivity contribution < 1.29 is 0 Å². The van der Waals surface area contributed by atoms with Crippen molar-refractivity contribution in [3.63, 3.8) is 0 Å². The van der Waals surface area contributed by atoms with E-state index in [-0.39, 0.29) is 0 Å². The van der Waals surface area contributed by atoms with Crippen LogP contribution >= 0.6 is 11.3 Å². The van der Waals surface area contributed by atoms with E-state index in [2.05, 4.69) is 24.4 Å². The Morgan fingerprint density at radius 1 is 1.54 bits per heavy atom. The summed E-state index contributed by atoms with van der Waals surface area (Å²) in [5, 5.41) is 3.51. The molecule has 0 aliphatic heterocycles. The minimum atomic E-state index is 0.447. The van der Waals surface area contributed by atoms with E-state index in [1.807, 2.05) is 11.3 Å². The Morgan fingerprint density at radius 3 is 2.85 bits per heavy atom. The number of nitrogens with two attached hydrogens (primary N) is 1. The number of nitrogens with one attached hydrogen (secondary N) is 1. The summed E-state index contributed by atoms with van der Waals surface area (Å²) in [6.45, 7) is 3.16. The number of rotatable bonds is 3. The molecule has 72 valence electrons. The topological polar surface area (TPSA) is 38.0 Å². The summed E-state index contributed by atoms with van der Waals surface area (Å²) in [5.41, 5.74) is 5.70. The lowest BCUT2D eigenvalue weighted by Crippen LogP contribution is -2.47. The average Bonchev–Trinajstić information content (AvgIpc) is 2.43. The van der Waals surface area contributed by atoms with Crippen molar-refractivity contribution in [2.24, 2.45) is 5.73 Å². The van der Waals surface area contributed by atoms with Crippen LogP contribution in [0.3, 0.4) is 0 Å². The number of aryl methyl sites for hydroxylation is 1. The molecule has 2 nitrogen and oxygen atoms in total. The van der Waals surface area contributed by atoms with Crippen LogP contribution in [0.25, 0.3) is 0 Å². The van der Waals surface area contributed by atoms with Gasteiger partial charge < -0.3 is 11.1 Å². The van der Waals surface area contributed by atoms with Crippen LogP contribution in [0, 0.1) is 6.92 Å². The molecule has 1 aliphatic rings. The quantitative estimate of drug-likeness (QED) is 0.771. The molecule has 0 atom stereocenters. The molecule has 3 N–H and O–H groups in total. The second-order valence-corrected chi connectivity index (χ2v) is 5.19. The van der Waals surface area contributed by atoms with Gasteiger partial charge in [-0.15, -0.1) is 11.3 Å². The molecule has 0 bridgehead atoms. The summed E-state index contributed by atoms with van der Waals surface area (Å²) < 4.78 is 0. The van der Waals surface area contributed by atoms with E-state index in [1.165, 1.54) is 9.75 Å². The highest BCUT2D eigenvalue weighted by atomic mass is 32.1. The van der Waals surface area contributed by atoms with Crippen LogP contribution < -0.4 is 11.1 Å². The molecular formula is C10H16N2S. The first-order valence-corrected chi connectivity index (χ1v) is 5.60. The van der Waals surface area contributed by atoms with Gasteiger partial charge in [0, 0.05) is 28.4 Å². The van der Waals surface area contributed by atoms with Gasteiger partial charge in [-0.25, -0.2) is 0 Å². The third kappa shape index (κ3) is 2.30. The zero-order valence-electron chi connectivity index (χ0n) is 7.92. The van der Waals surface area contributed by atoms with Crippen molar-refractivity contribution in [3.8, 4) is 0 Å². The SMILES string of the molecule is Cc1ccc(CNC2CC(N)C2)s1. The molecule has 1 saturated carbocycles. The van der Waals surface area contributed by atoms with Gasteiger partial charge in [0.25, 0.3) is 0 Å². The van der Waals surface area contributed by atoms with Crippen LogP contribution in [0.5, 0.6) is 0 Å². The van der Waals surface area contributed by atoms with Crippen molar-refractivity contribution in [3.05, 3.63) is 21.9 Å². The molecule has 2 rings (SSSR count). The molecule has 13 heavy (non-hydrogen) atoms. The van der Waals surface area contributed by atoms with Gasteiger partial charge >= 0.3 is 0 Å². The summed E-state index contributed by atoms with van der Waals surface area (Å²) in [4.78, 5) is 2.82. The predicted octanol–water partition coefficient (Wildman–Crippen LogP) is 1.64. The highest BCUT2D eigenvalue weighted by Gasteiger charge is 2.24. The highest BCUT2D eigenvalue weighted by Crippen LogP contribution is 2.19. The average molecular weight is 196 g/mol. The standard InChI is InChI=1S/C10H16N2S/c1-7-2-3-10(13-7)6-12-9-4-8(11)5-9/h2-3,8-9,12H,4-6,11H2,1H3. The Bertz CT molecular complexity index is 276. The van der Waals surface area contributed by atoms with Gasteiger partial charge in [-0.05, 0) is 31.9 Å². The van der Waals surface area contributed by atoms with E-state index < -0.39 is 0 Å². The van der Waals surface area contributed by atoms with Crippen LogP contribution in [0.1, 0.15) is 22.6 Å². The lowest BCUT2D eigenvalue weighted by Gasteiger charge is -2.33. The number of hydrogen-bond acceptors (Lipinski definition) is 3. The van der Waals surface area contributed by atoms with Gasteiger partial charge in [0.15, 0.2) is 0 Å². The Kier molecular flexibility index (Phi) is 2.67. The molecule has 1 heterocycles. The van der Waals surface area contributed by atoms with Crippen molar-refractivity contribution in [1.82, 2.24) is 5.32 Å². The minimum Gasteiger partial charge on any atom is -0.328 e. The fourth-order valence-corrected chi connectivity index (χ4v) is 2.49. The maximum atomic E-state index is 5.70. The second-order valence-electron chi connectivity index (χ2n) is 3.82. The van der Waals surface area contributed by atoms with E-state index in [0.717, 1.165) is 19.4 Å². The molecule has 0 radical (unpaired) electrons. The molecule has 1 aliphatic carbocycles.